The lowest BCUT2D eigenvalue weighted by Gasteiger charge is -2.33. The SMILES string of the molecule is C=C1NC(=O)N[C@@H](c2cccc(OC)c2)[C@@H]1C(=O)OC/C=C/C. The van der Waals surface area contributed by atoms with Crippen LogP contribution in [0.5, 0.6) is 5.75 Å². The Morgan fingerprint density at radius 2 is 2.22 bits per heavy atom. The minimum atomic E-state index is -0.718. The minimum absolute atomic E-state index is 0.178. The van der Waals surface area contributed by atoms with Gasteiger partial charge in [-0.15, -0.1) is 0 Å². The fourth-order valence-corrected chi connectivity index (χ4v) is 2.39. The van der Waals surface area contributed by atoms with E-state index in [2.05, 4.69) is 17.2 Å². The van der Waals surface area contributed by atoms with Crippen LogP contribution >= 0.6 is 0 Å². The number of ether oxygens (including phenoxy) is 2. The van der Waals surface area contributed by atoms with E-state index in [1.54, 1.807) is 37.5 Å². The Labute approximate surface area is 135 Å². The molecule has 2 atom stereocenters. The molecule has 6 heteroatoms. The average molecular weight is 316 g/mol. The number of hydrogen-bond acceptors (Lipinski definition) is 4. The second-order valence-electron chi connectivity index (χ2n) is 5.05. The quantitative estimate of drug-likeness (QED) is 0.645. The Kier molecular flexibility index (Phi) is 5.41. The molecule has 0 saturated carbocycles. The van der Waals surface area contributed by atoms with Crippen LogP contribution in [0.15, 0.2) is 48.7 Å². The lowest BCUT2D eigenvalue weighted by atomic mass is 9.89. The van der Waals surface area contributed by atoms with Crippen molar-refractivity contribution in [2.24, 2.45) is 5.92 Å². The molecule has 2 rings (SSSR count). The third kappa shape index (κ3) is 3.91. The zero-order chi connectivity index (χ0) is 16.8. The molecule has 0 radical (unpaired) electrons. The van der Waals surface area contributed by atoms with Gasteiger partial charge in [0.2, 0.25) is 0 Å². The summed E-state index contributed by atoms with van der Waals surface area (Å²) < 4.78 is 10.4. The van der Waals surface area contributed by atoms with E-state index in [0.29, 0.717) is 11.4 Å². The minimum Gasteiger partial charge on any atom is -0.497 e. The predicted octanol–water partition coefficient (Wildman–Crippen LogP) is 2.30. The van der Waals surface area contributed by atoms with Crippen molar-refractivity contribution in [2.45, 2.75) is 13.0 Å². The second kappa shape index (κ2) is 7.49. The normalized spacial score (nSPS) is 20.8. The van der Waals surface area contributed by atoms with Crippen molar-refractivity contribution in [3.63, 3.8) is 0 Å². The molecule has 0 bridgehead atoms. The van der Waals surface area contributed by atoms with Crippen LogP contribution in [0.1, 0.15) is 18.5 Å². The number of urea groups is 1. The van der Waals surface area contributed by atoms with Crippen LogP contribution in [0.25, 0.3) is 0 Å². The summed E-state index contributed by atoms with van der Waals surface area (Å²) in [4.78, 5) is 24.2. The number of esters is 1. The number of rotatable bonds is 5. The smallest absolute Gasteiger partial charge is 0.319 e. The Morgan fingerprint density at radius 1 is 1.43 bits per heavy atom. The fraction of sp³-hybridized carbons (Fsp3) is 0.294. The standard InChI is InChI=1S/C17H20N2O4/c1-4-5-9-23-16(20)14-11(2)18-17(21)19-15(14)12-7-6-8-13(10-12)22-3/h4-8,10,14-15H,2,9H2,1,3H3,(H2,18,19,21)/b5-4+/t14-,15+/m1/s1. The zero-order valence-electron chi connectivity index (χ0n) is 13.2. The summed E-state index contributed by atoms with van der Waals surface area (Å²) >= 11 is 0. The molecule has 1 fully saturated rings. The molecule has 2 N–H and O–H groups in total. The number of carbonyl (C=O) groups excluding carboxylic acids is 2. The van der Waals surface area contributed by atoms with Gasteiger partial charge < -0.3 is 20.1 Å². The van der Waals surface area contributed by atoms with E-state index < -0.39 is 24.0 Å². The number of carbonyl (C=O) groups is 2. The maximum absolute atomic E-state index is 12.4. The van der Waals surface area contributed by atoms with Crippen molar-refractivity contribution in [3.8, 4) is 5.75 Å². The molecule has 23 heavy (non-hydrogen) atoms. The molecule has 1 saturated heterocycles. The monoisotopic (exact) mass is 316 g/mol. The summed E-state index contributed by atoms with van der Waals surface area (Å²) in [5.41, 5.74) is 1.06. The molecule has 122 valence electrons. The van der Waals surface area contributed by atoms with Gasteiger partial charge in [0.1, 0.15) is 18.3 Å². The number of allylic oxidation sites excluding steroid dienone is 1. The van der Waals surface area contributed by atoms with Crippen LogP contribution in [0.2, 0.25) is 0 Å². The lowest BCUT2D eigenvalue weighted by Crippen LogP contribution is -2.51. The van der Waals surface area contributed by atoms with Gasteiger partial charge >= 0.3 is 12.0 Å². The third-order valence-electron chi connectivity index (χ3n) is 3.53. The summed E-state index contributed by atoms with van der Waals surface area (Å²) in [6.07, 6.45) is 3.53. The molecule has 1 aliphatic rings. The zero-order valence-corrected chi connectivity index (χ0v) is 13.2. The summed E-state index contributed by atoms with van der Waals surface area (Å²) in [6, 6.07) is 6.21. The van der Waals surface area contributed by atoms with Gasteiger partial charge in [-0.3, -0.25) is 4.79 Å². The summed E-state index contributed by atoms with van der Waals surface area (Å²) in [7, 11) is 1.56. The van der Waals surface area contributed by atoms with Gasteiger partial charge in [0.25, 0.3) is 0 Å². The van der Waals surface area contributed by atoms with Crippen molar-refractivity contribution in [1.82, 2.24) is 10.6 Å². The molecule has 0 unspecified atom stereocenters. The molecule has 1 aromatic carbocycles. The molecule has 6 nitrogen and oxygen atoms in total. The molecule has 1 aliphatic heterocycles. The molecule has 1 heterocycles. The fourth-order valence-electron chi connectivity index (χ4n) is 2.39. The van der Waals surface area contributed by atoms with Crippen molar-refractivity contribution in [3.05, 3.63) is 54.3 Å². The highest BCUT2D eigenvalue weighted by atomic mass is 16.5. The molecular formula is C17H20N2O4. The van der Waals surface area contributed by atoms with Gasteiger partial charge in [-0.1, -0.05) is 30.9 Å². The van der Waals surface area contributed by atoms with Gasteiger partial charge in [-0.2, -0.15) is 0 Å². The van der Waals surface area contributed by atoms with Crippen LogP contribution in [0.4, 0.5) is 4.79 Å². The van der Waals surface area contributed by atoms with Crippen molar-refractivity contribution in [1.29, 1.82) is 0 Å². The summed E-state index contributed by atoms with van der Waals surface area (Å²) in [5.74, 6) is -0.527. The highest BCUT2D eigenvalue weighted by molar-refractivity contribution is 5.85. The molecular weight excluding hydrogens is 296 g/mol. The predicted molar refractivity (Wildman–Crippen MR) is 85.8 cm³/mol. The Bertz CT molecular complexity index is 639. The van der Waals surface area contributed by atoms with Crippen molar-refractivity contribution < 1.29 is 19.1 Å². The van der Waals surface area contributed by atoms with Crippen LogP contribution in [0.3, 0.4) is 0 Å². The Hall–Kier alpha value is -2.76. The van der Waals surface area contributed by atoms with Gasteiger partial charge in [-0.05, 0) is 24.6 Å². The maximum Gasteiger partial charge on any atom is 0.319 e. The number of amides is 2. The van der Waals surface area contributed by atoms with E-state index in [1.807, 2.05) is 13.0 Å². The van der Waals surface area contributed by atoms with E-state index in [1.165, 1.54) is 0 Å². The molecule has 1 aromatic rings. The van der Waals surface area contributed by atoms with Crippen molar-refractivity contribution in [2.75, 3.05) is 13.7 Å². The molecule has 2 amide bonds. The number of hydrogen-bond donors (Lipinski definition) is 2. The van der Waals surface area contributed by atoms with E-state index in [9.17, 15) is 9.59 Å². The summed E-state index contributed by atoms with van der Waals surface area (Å²) in [6.45, 7) is 5.81. The van der Waals surface area contributed by atoms with Crippen LogP contribution < -0.4 is 15.4 Å². The maximum atomic E-state index is 12.4. The largest absolute Gasteiger partial charge is 0.497 e. The van der Waals surface area contributed by atoms with Crippen LogP contribution in [0, 0.1) is 5.92 Å². The highest BCUT2D eigenvalue weighted by Gasteiger charge is 2.38. The lowest BCUT2D eigenvalue weighted by molar-refractivity contribution is -0.147. The number of methoxy groups -OCH3 is 1. The first-order valence-electron chi connectivity index (χ1n) is 7.25. The van der Waals surface area contributed by atoms with Gasteiger partial charge in [0, 0.05) is 5.70 Å². The first kappa shape index (κ1) is 16.6. The summed E-state index contributed by atoms with van der Waals surface area (Å²) in [5, 5.41) is 5.28. The van der Waals surface area contributed by atoms with Gasteiger partial charge in [-0.25, -0.2) is 4.79 Å². The van der Waals surface area contributed by atoms with E-state index >= 15 is 0 Å². The van der Waals surface area contributed by atoms with Crippen LogP contribution in [-0.2, 0) is 9.53 Å². The second-order valence-corrected chi connectivity index (χ2v) is 5.05. The highest BCUT2D eigenvalue weighted by Crippen LogP contribution is 2.31. The topological polar surface area (TPSA) is 76.7 Å². The first-order valence-corrected chi connectivity index (χ1v) is 7.25. The van der Waals surface area contributed by atoms with E-state index in [0.717, 1.165) is 5.56 Å². The molecule has 0 spiro atoms. The Balaban J connectivity index is 2.29. The number of benzene rings is 1. The average Bonchev–Trinajstić information content (AvgIpc) is 2.54. The molecule has 0 aliphatic carbocycles. The van der Waals surface area contributed by atoms with Crippen molar-refractivity contribution >= 4 is 12.0 Å². The van der Waals surface area contributed by atoms with E-state index in [-0.39, 0.29) is 6.61 Å². The Morgan fingerprint density at radius 3 is 2.91 bits per heavy atom. The number of nitrogens with one attached hydrogen (secondary N) is 2. The van der Waals surface area contributed by atoms with Gasteiger partial charge in [0.15, 0.2) is 0 Å². The first-order chi connectivity index (χ1) is 11.1. The van der Waals surface area contributed by atoms with Crippen LogP contribution in [-0.4, -0.2) is 25.7 Å². The third-order valence-corrected chi connectivity index (χ3v) is 3.53. The van der Waals surface area contributed by atoms with Gasteiger partial charge in [0.05, 0.1) is 13.2 Å². The van der Waals surface area contributed by atoms with E-state index in [4.69, 9.17) is 9.47 Å². The molecule has 0 aromatic heterocycles.